The second-order valence-electron chi connectivity index (χ2n) is 9.06. The minimum atomic E-state index is -5.02. The molecule has 1 unspecified atom stereocenters. The van der Waals surface area contributed by atoms with E-state index in [0.29, 0.717) is 22.4 Å². The third-order valence-corrected chi connectivity index (χ3v) is 6.22. The van der Waals surface area contributed by atoms with Crippen LogP contribution in [0.25, 0.3) is 11.4 Å². The fraction of sp³-hybridized carbons (Fsp3) is 0.500. The van der Waals surface area contributed by atoms with Crippen LogP contribution in [-0.4, -0.2) is 71.2 Å². The van der Waals surface area contributed by atoms with E-state index in [2.05, 4.69) is 25.8 Å². The van der Waals surface area contributed by atoms with Gasteiger partial charge in [-0.2, -0.15) is 36.4 Å². The van der Waals surface area contributed by atoms with E-state index in [1.165, 1.54) is 24.3 Å². The van der Waals surface area contributed by atoms with Crippen molar-refractivity contribution in [3.05, 3.63) is 45.6 Å². The van der Waals surface area contributed by atoms with Crippen molar-refractivity contribution in [2.75, 3.05) is 11.9 Å². The molecule has 2 atom stereocenters. The lowest BCUT2D eigenvalue weighted by Crippen LogP contribution is -2.37. The summed E-state index contributed by atoms with van der Waals surface area (Å²) in [5, 5.41) is 23.6. The highest BCUT2D eigenvalue weighted by Gasteiger charge is 2.39. The van der Waals surface area contributed by atoms with Crippen LogP contribution in [0.2, 0.25) is 5.02 Å². The quantitative estimate of drug-likeness (QED) is 0.307. The van der Waals surface area contributed by atoms with Crippen molar-refractivity contribution in [2.45, 2.75) is 63.4 Å². The van der Waals surface area contributed by atoms with Crippen molar-refractivity contribution >= 4 is 23.5 Å². The highest BCUT2D eigenvalue weighted by molar-refractivity contribution is 6.30. The van der Waals surface area contributed by atoms with Gasteiger partial charge in [0, 0.05) is 29.6 Å². The van der Waals surface area contributed by atoms with Gasteiger partial charge in [0.2, 0.25) is 11.9 Å². The number of hydrogen-bond donors (Lipinski definition) is 3. The van der Waals surface area contributed by atoms with Crippen molar-refractivity contribution in [3.8, 4) is 11.4 Å². The first kappa shape index (κ1) is 29.4. The standard InChI is InChI=1S/C22H23ClF6N8O3/c23-13-3-1-12(2-4-13)18-34-37(20(40)35(18)10-15(38)22(27,28)29)11-16-32-19(30-9-14-5-6-17(39)31-14)36(33-16)8-7-21(24,25)26/h1-4,14-15,38H,5-11H2,(H,31,39)(H,30,32,33)/t14-,15?/m0/s1. The van der Waals surface area contributed by atoms with Gasteiger partial charge in [-0.3, -0.25) is 9.36 Å². The Morgan fingerprint density at radius 1 is 1.10 bits per heavy atom. The van der Waals surface area contributed by atoms with E-state index in [1.807, 2.05) is 0 Å². The number of benzene rings is 1. The number of hydrogen-bond acceptors (Lipinski definition) is 7. The normalized spacial score (nSPS) is 16.8. The second-order valence-corrected chi connectivity index (χ2v) is 9.50. The maximum Gasteiger partial charge on any atom is 0.416 e. The van der Waals surface area contributed by atoms with E-state index in [0.717, 1.165) is 9.36 Å². The van der Waals surface area contributed by atoms with Crippen LogP contribution in [0.15, 0.2) is 29.1 Å². The lowest BCUT2D eigenvalue weighted by atomic mass is 10.2. The van der Waals surface area contributed by atoms with E-state index in [9.17, 15) is 41.0 Å². The average Bonchev–Trinajstić information content (AvgIpc) is 3.54. The maximum absolute atomic E-state index is 13.1. The van der Waals surface area contributed by atoms with Gasteiger partial charge < -0.3 is 15.7 Å². The molecule has 18 heteroatoms. The Labute approximate surface area is 226 Å². The van der Waals surface area contributed by atoms with Gasteiger partial charge in [-0.15, -0.1) is 5.10 Å². The van der Waals surface area contributed by atoms with Crippen LogP contribution in [0, 0.1) is 0 Å². The lowest BCUT2D eigenvalue weighted by Gasteiger charge is -2.15. The summed E-state index contributed by atoms with van der Waals surface area (Å²) in [6, 6.07) is 5.42. The number of aryl methyl sites for hydroxylation is 1. The van der Waals surface area contributed by atoms with Crippen LogP contribution in [-0.2, 0) is 24.4 Å². The molecule has 11 nitrogen and oxygen atoms in total. The van der Waals surface area contributed by atoms with Gasteiger partial charge in [-0.05, 0) is 30.7 Å². The van der Waals surface area contributed by atoms with Gasteiger partial charge in [0.05, 0.1) is 19.5 Å². The summed E-state index contributed by atoms with van der Waals surface area (Å²) in [4.78, 5) is 28.7. The highest BCUT2D eigenvalue weighted by Crippen LogP contribution is 2.25. The zero-order valence-electron chi connectivity index (χ0n) is 20.5. The topological polar surface area (TPSA) is 132 Å². The van der Waals surface area contributed by atoms with Crippen LogP contribution in [0.4, 0.5) is 32.3 Å². The summed E-state index contributed by atoms with van der Waals surface area (Å²) in [5.41, 5.74) is -0.817. The highest BCUT2D eigenvalue weighted by atomic mass is 35.5. The molecule has 1 amide bonds. The van der Waals surface area contributed by atoms with Crippen LogP contribution in [0.1, 0.15) is 25.1 Å². The predicted molar refractivity (Wildman–Crippen MR) is 128 cm³/mol. The molecular formula is C22H23ClF6N8O3. The summed E-state index contributed by atoms with van der Waals surface area (Å²) in [7, 11) is 0. The van der Waals surface area contributed by atoms with Crippen LogP contribution in [0.5, 0.6) is 0 Å². The Morgan fingerprint density at radius 3 is 2.40 bits per heavy atom. The minimum Gasteiger partial charge on any atom is -0.382 e. The molecule has 3 N–H and O–H groups in total. The molecule has 0 radical (unpaired) electrons. The number of carbonyl (C=O) groups excluding carboxylic acids is 1. The largest absolute Gasteiger partial charge is 0.416 e. The SMILES string of the molecule is O=C1CC[C@@H](CNc2nc(Cn3nc(-c4ccc(Cl)cc4)n(CC(O)C(F)(F)F)c3=O)nn2CCC(F)(F)F)N1. The number of amides is 1. The molecule has 4 rings (SSSR count). The Balaban J connectivity index is 1.64. The molecule has 3 aromatic rings. The van der Waals surface area contributed by atoms with E-state index in [1.54, 1.807) is 0 Å². The van der Waals surface area contributed by atoms with Gasteiger partial charge in [-0.1, -0.05) is 11.6 Å². The van der Waals surface area contributed by atoms with Gasteiger partial charge in [-0.25, -0.2) is 14.2 Å². The first-order chi connectivity index (χ1) is 18.7. The van der Waals surface area contributed by atoms with Crippen LogP contribution < -0.4 is 16.3 Å². The van der Waals surface area contributed by atoms with E-state index in [4.69, 9.17) is 11.6 Å². The van der Waals surface area contributed by atoms with Crippen molar-refractivity contribution in [3.63, 3.8) is 0 Å². The summed E-state index contributed by atoms with van der Waals surface area (Å²) in [5.74, 6) is -0.575. The molecule has 1 fully saturated rings. The molecule has 1 aliphatic heterocycles. The van der Waals surface area contributed by atoms with Gasteiger partial charge in [0.15, 0.2) is 17.8 Å². The zero-order valence-corrected chi connectivity index (χ0v) is 21.3. The van der Waals surface area contributed by atoms with Gasteiger partial charge >= 0.3 is 18.0 Å². The Morgan fingerprint density at radius 2 is 1.80 bits per heavy atom. The number of aliphatic hydroxyl groups is 1. The van der Waals surface area contributed by atoms with Crippen LogP contribution >= 0.6 is 11.6 Å². The molecule has 1 aliphatic rings. The van der Waals surface area contributed by atoms with Crippen molar-refractivity contribution in [2.24, 2.45) is 0 Å². The van der Waals surface area contributed by atoms with Crippen molar-refractivity contribution in [1.29, 1.82) is 0 Å². The van der Waals surface area contributed by atoms with Gasteiger partial charge in [0.25, 0.3) is 0 Å². The number of alkyl halides is 6. The summed E-state index contributed by atoms with van der Waals surface area (Å²) >= 11 is 5.87. The maximum atomic E-state index is 13.1. The summed E-state index contributed by atoms with van der Waals surface area (Å²) < 4.78 is 80.2. The number of carbonyl (C=O) groups is 1. The molecule has 0 saturated carbocycles. The molecule has 2 aromatic heterocycles. The molecule has 3 heterocycles. The minimum absolute atomic E-state index is 0.0571. The molecule has 1 aromatic carbocycles. The first-order valence-electron chi connectivity index (χ1n) is 11.9. The molecule has 218 valence electrons. The fourth-order valence-electron chi connectivity index (χ4n) is 3.95. The Kier molecular flexibility index (Phi) is 8.44. The number of anilines is 1. The third kappa shape index (κ3) is 7.32. The number of halogens is 7. The molecule has 1 saturated heterocycles. The smallest absolute Gasteiger partial charge is 0.382 e. The molecule has 40 heavy (non-hydrogen) atoms. The molecule has 0 aliphatic carbocycles. The van der Waals surface area contributed by atoms with Gasteiger partial charge in [0.1, 0.15) is 6.54 Å². The van der Waals surface area contributed by atoms with E-state index < -0.39 is 50.2 Å². The van der Waals surface area contributed by atoms with Crippen molar-refractivity contribution in [1.82, 2.24) is 34.4 Å². The number of aliphatic hydroxyl groups excluding tert-OH is 1. The third-order valence-electron chi connectivity index (χ3n) is 5.96. The fourth-order valence-corrected chi connectivity index (χ4v) is 4.08. The second kappa shape index (κ2) is 11.5. The number of rotatable bonds is 10. The predicted octanol–water partition coefficient (Wildman–Crippen LogP) is 2.57. The van der Waals surface area contributed by atoms with Crippen LogP contribution in [0.3, 0.4) is 0 Å². The summed E-state index contributed by atoms with van der Waals surface area (Å²) in [6.45, 7) is -2.11. The Hall–Kier alpha value is -3.60. The van der Waals surface area contributed by atoms with Crippen molar-refractivity contribution < 1.29 is 36.2 Å². The van der Waals surface area contributed by atoms with E-state index in [-0.39, 0.29) is 41.7 Å². The molecular weight excluding hydrogens is 574 g/mol. The monoisotopic (exact) mass is 596 g/mol. The molecule has 0 bridgehead atoms. The average molecular weight is 597 g/mol. The number of aromatic nitrogens is 6. The van der Waals surface area contributed by atoms with E-state index >= 15 is 0 Å². The first-order valence-corrected chi connectivity index (χ1v) is 12.3. The molecule has 0 spiro atoms. The summed E-state index contributed by atoms with van der Waals surface area (Å²) in [6.07, 6.45) is -12.8. The Bertz CT molecular complexity index is 1400. The lowest BCUT2D eigenvalue weighted by molar-refractivity contribution is -0.207. The number of nitrogens with one attached hydrogen (secondary N) is 2. The zero-order chi connectivity index (χ0) is 29.2. The number of nitrogens with zero attached hydrogens (tertiary/aromatic N) is 6.